The maximum absolute atomic E-state index is 12.7. The van der Waals surface area contributed by atoms with Gasteiger partial charge in [0.25, 0.3) is 11.5 Å². The van der Waals surface area contributed by atoms with Crippen LogP contribution >= 0.6 is 0 Å². The Hall–Kier alpha value is -2.31. The van der Waals surface area contributed by atoms with E-state index in [-0.39, 0.29) is 23.1 Å². The number of piperazine rings is 1. The molecule has 0 saturated carbocycles. The summed E-state index contributed by atoms with van der Waals surface area (Å²) in [6, 6.07) is 1.84. The Morgan fingerprint density at radius 1 is 1.13 bits per heavy atom. The average molecular weight is 321 g/mol. The summed E-state index contributed by atoms with van der Waals surface area (Å²) in [6.45, 7) is 7.31. The van der Waals surface area contributed by atoms with Crippen LogP contribution in [0.15, 0.2) is 10.9 Å². The van der Waals surface area contributed by atoms with Crippen LogP contribution in [0, 0.1) is 13.8 Å². The van der Waals surface area contributed by atoms with Gasteiger partial charge in [-0.05, 0) is 32.4 Å². The molecule has 2 rings (SSSR count). The molecule has 0 aliphatic carbocycles. The monoisotopic (exact) mass is 321 g/mol. The van der Waals surface area contributed by atoms with Gasteiger partial charge in [-0.3, -0.25) is 9.59 Å². The standard InChI is InChI=1S/C16H23N3O4/c1-5-23-16(22)19-8-6-18(7-9-19)15(21)13-11(2)10-12(3)17(4)14(13)20/h10H,5-9H2,1-4H3. The lowest BCUT2D eigenvalue weighted by molar-refractivity contribution is 0.0568. The normalized spacial score (nSPS) is 14.8. The third-order valence-electron chi connectivity index (χ3n) is 4.17. The summed E-state index contributed by atoms with van der Waals surface area (Å²) < 4.78 is 6.44. The lowest BCUT2D eigenvalue weighted by Crippen LogP contribution is -2.51. The van der Waals surface area contributed by atoms with Gasteiger partial charge in [-0.15, -0.1) is 0 Å². The van der Waals surface area contributed by atoms with Crippen molar-refractivity contribution in [3.63, 3.8) is 0 Å². The number of ether oxygens (including phenoxy) is 1. The lowest BCUT2D eigenvalue weighted by atomic mass is 10.1. The number of rotatable bonds is 2. The van der Waals surface area contributed by atoms with E-state index in [4.69, 9.17) is 4.74 Å². The van der Waals surface area contributed by atoms with Gasteiger partial charge in [0.15, 0.2) is 0 Å². The van der Waals surface area contributed by atoms with Crippen LogP contribution in [0.2, 0.25) is 0 Å². The van der Waals surface area contributed by atoms with Crippen LogP contribution in [-0.4, -0.2) is 59.2 Å². The van der Waals surface area contributed by atoms with Gasteiger partial charge in [-0.2, -0.15) is 0 Å². The van der Waals surface area contributed by atoms with Crippen molar-refractivity contribution in [3.05, 3.63) is 33.2 Å². The highest BCUT2D eigenvalue weighted by atomic mass is 16.6. The smallest absolute Gasteiger partial charge is 0.409 e. The van der Waals surface area contributed by atoms with E-state index in [0.29, 0.717) is 38.3 Å². The number of pyridine rings is 1. The van der Waals surface area contributed by atoms with Crippen molar-refractivity contribution in [1.29, 1.82) is 0 Å². The Kier molecular flexibility index (Phi) is 5.08. The molecule has 2 amide bonds. The number of amides is 2. The van der Waals surface area contributed by atoms with E-state index < -0.39 is 0 Å². The number of aromatic nitrogens is 1. The van der Waals surface area contributed by atoms with Gasteiger partial charge >= 0.3 is 6.09 Å². The van der Waals surface area contributed by atoms with Crippen LogP contribution in [0.3, 0.4) is 0 Å². The van der Waals surface area contributed by atoms with Gasteiger partial charge in [0.2, 0.25) is 0 Å². The highest BCUT2D eigenvalue weighted by molar-refractivity contribution is 5.95. The minimum absolute atomic E-state index is 0.211. The molecule has 0 unspecified atom stereocenters. The Balaban J connectivity index is 2.14. The van der Waals surface area contributed by atoms with E-state index in [1.54, 1.807) is 30.7 Å². The first-order valence-electron chi connectivity index (χ1n) is 7.75. The molecule has 23 heavy (non-hydrogen) atoms. The summed E-state index contributed by atoms with van der Waals surface area (Å²) in [5, 5.41) is 0. The first-order chi connectivity index (χ1) is 10.9. The quantitative estimate of drug-likeness (QED) is 0.812. The second kappa shape index (κ2) is 6.85. The molecular formula is C16H23N3O4. The minimum Gasteiger partial charge on any atom is -0.450 e. The van der Waals surface area contributed by atoms with Gasteiger partial charge in [0.05, 0.1) is 6.61 Å². The van der Waals surface area contributed by atoms with Crippen molar-refractivity contribution >= 4 is 12.0 Å². The Morgan fingerprint density at radius 2 is 1.70 bits per heavy atom. The molecule has 0 N–H and O–H groups in total. The first kappa shape index (κ1) is 17.1. The first-order valence-corrected chi connectivity index (χ1v) is 7.75. The fraction of sp³-hybridized carbons (Fsp3) is 0.562. The van der Waals surface area contributed by atoms with E-state index in [1.165, 1.54) is 4.57 Å². The number of carbonyl (C=O) groups excluding carboxylic acids is 2. The van der Waals surface area contributed by atoms with Crippen molar-refractivity contribution in [2.45, 2.75) is 20.8 Å². The predicted octanol–water partition coefficient (Wildman–Crippen LogP) is 0.916. The molecule has 1 aromatic heterocycles. The Morgan fingerprint density at radius 3 is 2.26 bits per heavy atom. The summed E-state index contributed by atoms with van der Waals surface area (Å²) >= 11 is 0. The second-order valence-electron chi connectivity index (χ2n) is 5.69. The summed E-state index contributed by atoms with van der Waals surface area (Å²) in [6.07, 6.45) is -0.359. The number of hydrogen-bond donors (Lipinski definition) is 0. The molecule has 1 aliphatic rings. The van der Waals surface area contributed by atoms with Gasteiger partial charge < -0.3 is 19.1 Å². The molecule has 1 aliphatic heterocycles. The highest BCUT2D eigenvalue weighted by Gasteiger charge is 2.28. The molecule has 1 saturated heterocycles. The fourth-order valence-electron chi connectivity index (χ4n) is 2.70. The van der Waals surface area contributed by atoms with E-state index in [9.17, 15) is 14.4 Å². The third kappa shape index (κ3) is 3.38. The predicted molar refractivity (Wildman–Crippen MR) is 85.7 cm³/mol. The van der Waals surface area contributed by atoms with Crippen LogP contribution < -0.4 is 5.56 Å². The average Bonchev–Trinajstić information content (AvgIpc) is 2.53. The summed E-state index contributed by atoms with van der Waals surface area (Å²) in [5.41, 5.74) is 1.43. The maximum atomic E-state index is 12.7. The topological polar surface area (TPSA) is 71.8 Å². The Labute approximate surface area is 135 Å². The largest absolute Gasteiger partial charge is 0.450 e. The molecule has 0 radical (unpaired) electrons. The fourth-order valence-corrected chi connectivity index (χ4v) is 2.70. The van der Waals surface area contributed by atoms with Gasteiger partial charge in [0.1, 0.15) is 5.56 Å². The molecule has 126 valence electrons. The van der Waals surface area contributed by atoms with Crippen LogP contribution in [0.4, 0.5) is 4.79 Å². The van der Waals surface area contributed by atoms with Gasteiger partial charge in [-0.1, -0.05) is 0 Å². The molecule has 0 atom stereocenters. The number of hydrogen-bond acceptors (Lipinski definition) is 4. The molecule has 0 spiro atoms. The van der Waals surface area contributed by atoms with E-state index >= 15 is 0 Å². The molecule has 7 heteroatoms. The third-order valence-corrected chi connectivity index (χ3v) is 4.17. The summed E-state index contributed by atoms with van der Waals surface area (Å²) in [5.74, 6) is -0.272. The minimum atomic E-state index is -0.359. The highest BCUT2D eigenvalue weighted by Crippen LogP contribution is 2.11. The SMILES string of the molecule is CCOC(=O)N1CCN(C(=O)c2c(C)cc(C)n(C)c2=O)CC1. The van der Waals surface area contributed by atoms with Crippen LogP contribution in [0.1, 0.15) is 28.5 Å². The molecule has 0 aromatic carbocycles. The van der Waals surface area contributed by atoms with Gasteiger partial charge in [0, 0.05) is 38.9 Å². The molecule has 1 aromatic rings. The molecule has 1 fully saturated rings. The number of carbonyl (C=O) groups is 2. The van der Waals surface area contributed by atoms with Gasteiger partial charge in [-0.25, -0.2) is 4.79 Å². The second-order valence-corrected chi connectivity index (χ2v) is 5.69. The van der Waals surface area contributed by atoms with Crippen LogP contribution in [0.25, 0.3) is 0 Å². The van der Waals surface area contributed by atoms with Crippen molar-refractivity contribution in [1.82, 2.24) is 14.4 Å². The van der Waals surface area contributed by atoms with E-state index in [0.717, 1.165) is 5.69 Å². The number of aryl methyl sites for hydroxylation is 2. The van der Waals surface area contributed by atoms with Crippen LogP contribution in [0.5, 0.6) is 0 Å². The summed E-state index contributed by atoms with van der Waals surface area (Å²) in [4.78, 5) is 39.9. The molecule has 0 bridgehead atoms. The van der Waals surface area contributed by atoms with E-state index in [1.807, 2.05) is 13.0 Å². The maximum Gasteiger partial charge on any atom is 0.409 e. The van der Waals surface area contributed by atoms with Crippen molar-refractivity contribution in [2.75, 3.05) is 32.8 Å². The summed E-state index contributed by atoms with van der Waals surface area (Å²) in [7, 11) is 1.66. The van der Waals surface area contributed by atoms with Crippen molar-refractivity contribution < 1.29 is 14.3 Å². The van der Waals surface area contributed by atoms with E-state index in [2.05, 4.69) is 0 Å². The Bertz CT molecular complexity index is 673. The van der Waals surface area contributed by atoms with Crippen molar-refractivity contribution in [3.8, 4) is 0 Å². The lowest BCUT2D eigenvalue weighted by Gasteiger charge is -2.34. The zero-order chi connectivity index (χ0) is 17.1. The zero-order valence-electron chi connectivity index (χ0n) is 14.1. The zero-order valence-corrected chi connectivity index (χ0v) is 14.1. The van der Waals surface area contributed by atoms with Crippen LogP contribution in [-0.2, 0) is 11.8 Å². The molecule has 2 heterocycles. The number of nitrogens with zero attached hydrogens (tertiary/aromatic N) is 3. The molecular weight excluding hydrogens is 298 g/mol. The van der Waals surface area contributed by atoms with Crippen molar-refractivity contribution in [2.24, 2.45) is 7.05 Å². The molecule has 7 nitrogen and oxygen atoms in total.